The Labute approximate surface area is 171 Å². The first-order valence-electron chi connectivity index (χ1n) is 9.87. The predicted octanol–water partition coefficient (Wildman–Crippen LogP) is 7.40. The molecule has 0 N–H and O–H groups in total. The molecule has 0 aliphatic heterocycles. The van der Waals surface area contributed by atoms with Gasteiger partial charge in [-0.3, -0.25) is 9.97 Å². The van der Waals surface area contributed by atoms with Crippen LogP contribution in [0.5, 0.6) is 0 Å². The van der Waals surface area contributed by atoms with Crippen LogP contribution in [0.25, 0.3) is 6.08 Å². The van der Waals surface area contributed by atoms with Gasteiger partial charge in [0.15, 0.2) is 0 Å². The zero-order valence-electron chi connectivity index (χ0n) is 17.8. The van der Waals surface area contributed by atoms with E-state index >= 15 is 0 Å². The Hall–Kier alpha value is -2.74. The van der Waals surface area contributed by atoms with Crippen molar-refractivity contribution >= 4 is 6.08 Å². The van der Waals surface area contributed by atoms with Gasteiger partial charge in [-0.05, 0) is 69.9 Å². The van der Waals surface area contributed by atoms with Gasteiger partial charge >= 0.3 is 0 Å². The summed E-state index contributed by atoms with van der Waals surface area (Å²) < 4.78 is 0. The maximum Gasteiger partial charge on any atom is 0.0623 e. The molecule has 0 aromatic carbocycles. The summed E-state index contributed by atoms with van der Waals surface area (Å²) in [6.07, 6.45) is 14.2. The van der Waals surface area contributed by atoms with Gasteiger partial charge in [0, 0.05) is 24.0 Å². The fourth-order valence-electron chi connectivity index (χ4n) is 3.09. The number of hydrogen-bond acceptors (Lipinski definition) is 2. The molecule has 2 atom stereocenters. The van der Waals surface area contributed by atoms with Crippen LogP contribution in [-0.2, 0) is 0 Å². The van der Waals surface area contributed by atoms with Crippen molar-refractivity contribution in [1.29, 1.82) is 0 Å². The van der Waals surface area contributed by atoms with E-state index in [1.165, 1.54) is 24.1 Å². The number of pyridine rings is 2. The van der Waals surface area contributed by atoms with E-state index in [4.69, 9.17) is 0 Å². The summed E-state index contributed by atoms with van der Waals surface area (Å²) in [7, 11) is 0. The highest BCUT2D eigenvalue weighted by Crippen LogP contribution is 2.34. The lowest BCUT2D eigenvalue weighted by molar-refractivity contribution is 0.470. The minimum atomic E-state index is 0.625. The standard InChI is InChI=1S/C13H17N.C7H7N.C6H10/c1-10-6-7-12(11(2)9-10)13-5-3-4-8-14-13;1-2-7-5-3-4-6-8-7;1-4-5-6(2)3/h3-5,8-9,11-12H,6-7H2,1-2H3;2-6H,1H2;4-5H,2H2,1,3H3/b;;5-4+. The van der Waals surface area contributed by atoms with Crippen LogP contribution in [0.15, 0.2) is 91.3 Å². The molecule has 0 saturated carbocycles. The molecule has 2 aromatic heterocycles. The van der Waals surface area contributed by atoms with Gasteiger partial charge in [0.25, 0.3) is 0 Å². The number of aromatic nitrogens is 2. The summed E-state index contributed by atoms with van der Waals surface area (Å²) >= 11 is 0. The third-order valence-corrected chi connectivity index (χ3v) is 4.45. The quantitative estimate of drug-likeness (QED) is 0.413. The van der Waals surface area contributed by atoms with E-state index in [0.29, 0.717) is 11.8 Å². The molecule has 2 unspecified atom stereocenters. The molecule has 2 nitrogen and oxygen atoms in total. The molecule has 0 radical (unpaired) electrons. The third-order valence-electron chi connectivity index (χ3n) is 4.45. The molecule has 3 rings (SSSR count). The van der Waals surface area contributed by atoms with Crippen LogP contribution in [0.1, 0.15) is 57.8 Å². The molecule has 148 valence electrons. The lowest BCUT2D eigenvalue weighted by atomic mass is 9.80. The van der Waals surface area contributed by atoms with Gasteiger partial charge in [-0.2, -0.15) is 0 Å². The molecule has 1 aliphatic rings. The summed E-state index contributed by atoms with van der Waals surface area (Å²) in [6.45, 7) is 15.7. The second-order valence-corrected chi connectivity index (χ2v) is 7.08. The van der Waals surface area contributed by atoms with E-state index in [-0.39, 0.29) is 0 Å². The zero-order valence-corrected chi connectivity index (χ0v) is 17.8. The van der Waals surface area contributed by atoms with E-state index in [1.54, 1.807) is 12.3 Å². The number of allylic oxidation sites excluding steroid dienone is 5. The highest BCUT2D eigenvalue weighted by molar-refractivity contribution is 5.40. The molecule has 0 spiro atoms. The Bertz CT molecular complexity index is 758. The second-order valence-electron chi connectivity index (χ2n) is 7.08. The zero-order chi connectivity index (χ0) is 20.8. The average molecular weight is 375 g/mol. The van der Waals surface area contributed by atoms with Gasteiger partial charge in [-0.25, -0.2) is 0 Å². The van der Waals surface area contributed by atoms with Crippen LogP contribution in [-0.4, -0.2) is 9.97 Å². The van der Waals surface area contributed by atoms with Crippen LogP contribution in [0.4, 0.5) is 0 Å². The molecule has 1 aliphatic carbocycles. The molecule has 0 amide bonds. The van der Waals surface area contributed by atoms with Gasteiger partial charge in [-0.1, -0.05) is 61.6 Å². The maximum absolute atomic E-state index is 4.45. The van der Waals surface area contributed by atoms with Crippen LogP contribution >= 0.6 is 0 Å². The van der Waals surface area contributed by atoms with E-state index < -0.39 is 0 Å². The Morgan fingerprint density at radius 1 is 1.11 bits per heavy atom. The van der Waals surface area contributed by atoms with Crippen molar-refractivity contribution in [2.75, 3.05) is 0 Å². The molecule has 2 heterocycles. The SMILES string of the molecule is C=C(C)/C=C/C.C=Cc1ccccn1.CC1=CC(C)C(c2ccccn2)CC1. The number of hydrogen-bond donors (Lipinski definition) is 0. The van der Waals surface area contributed by atoms with Gasteiger partial charge in [0.1, 0.15) is 0 Å². The molecule has 2 aromatic rings. The first-order valence-corrected chi connectivity index (χ1v) is 9.87. The number of nitrogens with zero attached hydrogens (tertiary/aromatic N) is 2. The Morgan fingerprint density at radius 2 is 1.79 bits per heavy atom. The van der Waals surface area contributed by atoms with Crippen LogP contribution in [0.2, 0.25) is 0 Å². The van der Waals surface area contributed by atoms with Crippen LogP contribution < -0.4 is 0 Å². The van der Waals surface area contributed by atoms with Crippen LogP contribution in [0, 0.1) is 5.92 Å². The monoisotopic (exact) mass is 374 g/mol. The first-order chi connectivity index (χ1) is 13.5. The highest BCUT2D eigenvalue weighted by atomic mass is 14.7. The lowest BCUT2D eigenvalue weighted by Crippen LogP contribution is -2.13. The van der Waals surface area contributed by atoms with Crippen molar-refractivity contribution in [2.45, 2.75) is 46.5 Å². The van der Waals surface area contributed by atoms with Crippen molar-refractivity contribution in [3.05, 3.63) is 103 Å². The van der Waals surface area contributed by atoms with E-state index in [9.17, 15) is 0 Å². The van der Waals surface area contributed by atoms with E-state index in [1.807, 2.05) is 56.5 Å². The summed E-state index contributed by atoms with van der Waals surface area (Å²) in [5, 5.41) is 0. The minimum absolute atomic E-state index is 0.625. The Balaban J connectivity index is 0.000000238. The summed E-state index contributed by atoms with van der Waals surface area (Å²) in [4.78, 5) is 8.43. The normalized spacial score (nSPS) is 18.1. The summed E-state index contributed by atoms with van der Waals surface area (Å²) in [5.41, 5.74) is 4.82. The number of rotatable bonds is 3. The van der Waals surface area contributed by atoms with Crippen molar-refractivity contribution in [2.24, 2.45) is 5.92 Å². The topological polar surface area (TPSA) is 25.8 Å². The van der Waals surface area contributed by atoms with E-state index in [0.717, 1.165) is 11.3 Å². The van der Waals surface area contributed by atoms with Gasteiger partial charge in [0.2, 0.25) is 0 Å². The van der Waals surface area contributed by atoms with Crippen molar-refractivity contribution < 1.29 is 0 Å². The van der Waals surface area contributed by atoms with Gasteiger partial charge < -0.3 is 0 Å². The molecule has 0 saturated heterocycles. The fraction of sp³-hybridized carbons (Fsp3) is 0.308. The predicted molar refractivity (Wildman–Crippen MR) is 123 cm³/mol. The summed E-state index contributed by atoms with van der Waals surface area (Å²) in [5.74, 6) is 1.26. The maximum atomic E-state index is 4.45. The van der Waals surface area contributed by atoms with E-state index in [2.05, 4.69) is 55.2 Å². The molecule has 28 heavy (non-hydrogen) atoms. The Morgan fingerprint density at radius 3 is 2.18 bits per heavy atom. The summed E-state index contributed by atoms with van der Waals surface area (Å²) in [6, 6.07) is 11.9. The molecular weight excluding hydrogens is 340 g/mol. The smallest absolute Gasteiger partial charge is 0.0623 e. The van der Waals surface area contributed by atoms with Gasteiger partial charge in [-0.15, -0.1) is 0 Å². The minimum Gasteiger partial charge on any atom is -0.261 e. The molecular formula is C26H34N2. The van der Waals surface area contributed by atoms with Gasteiger partial charge in [0.05, 0.1) is 5.69 Å². The fourth-order valence-corrected chi connectivity index (χ4v) is 3.09. The van der Waals surface area contributed by atoms with Crippen LogP contribution in [0.3, 0.4) is 0 Å². The second kappa shape index (κ2) is 13.4. The van der Waals surface area contributed by atoms with Crippen molar-refractivity contribution in [1.82, 2.24) is 9.97 Å². The average Bonchev–Trinajstić information content (AvgIpc) is 2.70. The Kier molecular flexibility index (Phi) is 11.2. The largest absolute Gasteiger partial charge is 0.261 e. The highest BCUT2D eigenvalue weighted by Gasteiger charge is 2.22. The molecule has 0 fully saturated rings. The van der Waals surface area contributed by atoms with Crippen molar-refractivity contribution in [3.8, 4) is 0 Å². The lowest BCUT2D eigenvalue weighted by Gasteiger charge is -2.26. The van der Waals surface area contributed by atoms with Crippen molar-refractivity contribution in [3.63, 3.8) is 0 Å². The molecule has 2 heteroatoms. The first kappa shape index (κ1) is 23.3. The molecule has 0 bridgehead atoms. The third kappa shape index (κ3) is 9.27.